The molecule has 0 saturated carbocycles. The highest BCUT2D eigenvalue weighted by Crippen LogP contribution is 2.32. The number of hydrogen-bond acceptors (Lipinski definition) is 9. The van der Waals surface area contributed by atoms with Crippen LogP contribution in [0, 0.1) is 0 Å². The molecule has 2 heterocycles. The normalized spacial score (nSPS) is 12.1. The van der Waals surface area contributed by atoms with Crippen molar-refractivity contribution < 1.29 is 36.3 Å². The smallest absolute Gasteiger partial charge is 0.389 e. The number of carbonyl (C=O) groups is 2. The summed E-state index contributed by atoms with van der Waals surface area (Å²) in [5, 5.41) is 11.8. The number of thiazole rings is 2. The van der Waals surface area contributed by atoms with Crippen LogP contribution in [0.4, 0.5) is 13.2 Å². The van der Waals surface area contributed by atoms with Crippen LogP contribution in [0.3, 0.4) is 0 Å². The molecule has 0 bridgehead atoms. The molecule has 1 aromatic carbocycles. The van der Waals surface area contributed by atoms with E-state index in [0.29, 0.717) is 31.8 Å². The second-order valence-corrected chi connectivity index (χ2v) is 10.8. The maximum absolute atomic E-state index is 12.6. The van der Waals surface area contributed by atoms with Gasteiger partial charge in [0.2, 0.25) is 5.91 Å². The average molecular weight is 520 g/mol. The van der Waals surface area contributed by atoms with Gasteiger partial charge in [-0.2, -0.15) is 13.2 Å². The molecule has 0 atom stereocenters. The van der Waals surface area contributed by atoms with E-state index in [2.05, 4.69) is 9.97 Å². The zero-order valence-corrected chi connectivity index (χ0v) is 19.1. The molecule has 0 unspecified atom stereocenters. The highest BCUT2D eigenvalue weighted by Gasteiger charge is 2.46. The molecule has 0 saturated heterocycles. The lowest BCUT2D eigenvalue weighted by Gasteiger charge is -2.08. The average Bonchev–Trinajstić information content (AvgIpc) is 3.33. The van der Waals surface area contributed by atoms with E-state index < -0.39 is 26.1 Å². The minimum atomic E-state index is -5.45. The lowest BCUT2D eigenvalue weighted by Crippen LogP contribution is -2.23. The van der Waals surface area contributed by atoms with Crippen LogP contribution >= 0.6 is 22.7 Å². The van der Waals surface area contributed by atoms with Crippen LogP contribution in [0.15, 0.2) is 34.5 Å². The third-order valence-corrected chi connectivity index (χ3v) is 7.75. The number of carbonyl (C=O) groups excluding carboxylic acids is 2. The standard InChI is InChI=1S/C19H16F3N3O5S3/c20-19(21,22)33(29,30)12-3-1-10(2-4-12)5-11(27)6-16-25-14(9-31-16)18-13(7-15(23)28)24-17(8-26)32-18/h1-4,9,26H,5-8H2,(H2,23,28). The van der Waals surface area contributed by atoms with E-state index in [-0.39, 0.29) is 31.7 Å². The lowest BCUT2D eigenvalue weighted by molar-refractivity contribution is -0.118. The highest BCUT2D eigenvalue weighted by molar-refractivity contribution is 7.92. The lowest BCUT2D eigenvalue weighted by atomic mass is 10.1. The van der Waals surface area contributed by atoms with Gasteiger partial charge in [0.15, 0.2) is 0 Å². The van der Waals surface area contributed by atoms with E-state index in [4.69, 9.17) is 5.73 Å². The molecular formula is C19H16F3N3O5S3. The number of amides is 1. The van der Waals surface area contributed by atoms with Crippen molar-refractivity contribution in [2.75, 3.05) is 0 Å². The number of benzene rings is 1. The van der Waals surface area contributed by atoms with Crippen molar-refractivity contribution in [2.45, 2.75) is 36.3 Å². The van der Waals surface area contributed by atoms with Crippen molar-refractivity contribution in [3.63, 3.8) is 0 Å². The first-order valence-electron chi connectivity index (χ1n) is 9.15. The third kappa shape index (κ3) is 5.82. The summed E-state index contributed by atoms with van der Waals surface area (Å²) in [6.07, 6.45) is -0.300. The van der Waals surface area contributed by atoms with Crippen LogP contribution in [0.2, 0.25) is 0 Å². The Morgan fingerprint density at radius 1 is 1.03 bits per heavy atom. The molecule has 3 rings (SSSR count). The van der Waals surface area contributed by atoms with Gasteiger partial charge >= 0.3 is 5.51 Å². The van der Waals surface area contributed by atoms with Gasteiger partial charge in [0.25, 0.3) is 9.84 Å². The first-order valence-corrected chi connectivity index (χ1v) is 12.3. The Morgan fingerprint density at radius 2 is 1.70 bits per heavy atom. The first-order chi connectivity index (χ1) is 15.4. The van der Waals surface area contributed by atoms with Gasteiger partial charge in [-0.15, -0.1) is 22.7 Å². The summed E-state index contributed by atoms with van der Waals surface area (Å²) in [5.41, 5.74) is 1.06. The maximum atomic E-state index is 12.6. The fourth-order valence-electron chi connectivity index (χ4n) is 2.83. The Balaban J connectivity index is 1.70. The highest BCUT2D eigenvalue weighted by atomic mass is 32.2. The topological polar surface area (TPSA) is 140 Å². The Labute approximate surface area is 193 Å². The van der Waals surface area contributed by atoms with Gasteiger partial charge in [-0.05, 0) is 17.7 Å². The van der Waals surface area contributed by atoms with Crippen LogP contribution < -0.4 is 5.73 Å². The number of aromatic nitrogens is 2. The zero-order chi connectivity index (χ0) is 24.4. The van der Waals surface area contributed by atoms with Gasteiger partial charge in [-0.25, -0.2) is 18.4 Å². The van der Waals surface area contributed by atoms with Gasteiger partial charge in [0.05, 0.1) is 40.6 Å². The molecular weight excluding hydrogens is 503 g/mol. The van der Waals surface area contributed by atoms with E-state index in [1.165, 1.54) is 11.3 Å². The van der Waals surface area contributed by atoms with Crippen molar-refractivity contribution in [2.24, 2.45) is 5.73 Å². The summed E-state index contributed by atoms with van der Waals surface area (Å²) < 4.78 is 60.7. The summed E-state index contributed by atoms with van der Waals surface area (Å²) in [4.78, 5) is 31.9. The Kier molecular flexibility index (Phi) is 7.31. The minimum Gasteiger partial charge on any atom is -0.389 e. The number of rotatable bonds is 9. The molecule has 0 aliphatic carbocycles. The molecule has 1 amide bonds. The summed E-state index contributed by atoms with van der Waals surface area (Å²) in [6.45, 7) is -0.311. The summed E-state index contributed by atoms with van der Waals surface area (Å²) >= 11 is 2.36. The number of ketones is 1. The van der Waals surface area contributed by atoms with Crippen molar-refractivity contribution >= 4 is 44.2 Å². The van der Waals surface area contributed by atoms with Gasteiger partial charge in [0.1, 0.15) is 15.8 Å². The van der Waals surface area contributed by atoms with E-state index in [1.807, 2.05) is 0 Å². The molecule has 0 fully saturated rings. The molecule has 33 heavy (non-hydrogen) atoms. The number of aliphatic hydroxyl groups excluding tert-OH is 1. The van der Waals surface area contributed by atoms with Crippen LogP contribution in [0.25, 0.3) is 10.6 Å². The summed E-state index contributed by atoms with van der Waals surface area (Å²) in [7, 11) is -5.45. The molecule has 8 nitrogen and oxygen atoms in total. The van der Waals surface area contributed by atoms with E-state index in [0.717, 1.165) is 35.6 Å². The molecule has 0 aliphatic rings. The van der Waals surface area contributed by atoms with Crippen molar-refractivity contribution in [1.29, 1.82) is 0 Å². The minimum absolute atomic E-state index is 0.0515. The molecule has 2 aromatic heterocycles. The zero-order valence-electron chi connectivity index (χ0n) is 16.6. The monoisotopic (exact) mass is 519 g/mol. The predicted octanol–water partition coefficient (Wildman–Crippen LogP) is 2.43. The van der Waals surface area contributed by atoms with Gasteiger partial charge in [0, 0.05) is 11.8 Å². The largest absolute Gasteiger partial charge is 0.501 e. The number of aliphatic hydroxyl groups is 1. The molecule has 14 heteroatoms. The van der Waals surface area contributed by atoms with Crippen LogP contribution in [-0.4, -0.2) is 40.7 Å². The molecule has 0 radical (unpaired) electrons. The fourth-order valence-corrected chi connectivity index (χ4v) is 5.38. The third-order valence-electron chi connectivity index (χ3n) is 4.29. The van der Waals surface area contributed by atoms with E-state index >= 15 is 0 Å². The van der Waals surface area contributed by atoms with Crippen LogP contribution in [0.1, 0.15) is 21.3 Å². The van der Waals surface area contributed by atoms with Gasteiger partial charge in [-0.3, -0.25) is 9.59 Å². The summed E-state index contributed by atoms with van der Waals surface area (Å²) in [5.74, 6) is -0.870. The number of nitrogens with two attached hydrogens (primary N) is 1. The second kappa shape index (κ2) is 9.67. The number of alkyl halides is 3. The Bertz CT molecular complexity index is 1280. The van der Waals surface area contributed by atoms with E-state index in [9.17, 15) is 36.3 Å². The maximum Gasteiger partial charge on any atom is 0.501 e. The Morgan fingerprint density at radius 3 is 2.27 bits per heavy atom. The summed E-state index contributed by atoms with van der Waals surface area (Å²) in [6, 6.07) is 3.95. The molecule has 0 spiro atoms. The molecule has 3 aromatic rings. The van der Waals surface area contributed by atoms with Crippen molar-refractivity contribution in [3.8, 4) is 10.6 Å². The second-order valence-electron chi connectivity index (χ2n) is 6.80. The number of Topliss-reactive ketones (excluding diaryl/α,β-unsaturated/α-hetero) is 1. The fraction of sp³-hybridized carbons (Fsp3) is 0.263. The van der Waals surface area contributed by atoms with Gasteiger partial charge in [-0.1, -0.05) is 12.1 Å². The van der Waals surface area contributed by atoms with Crippen LogP contribution in [-0.2, 0) is 45.3 Å². The Hall–Kier alpha value is -2.68. The van der Waals surface area contributed by atoms with Crippen molar-refractivity contribution in [3.05, 3.63) is 50.9 Å². The molecule has 0 aliphatic heterocycles. The molecule has 3 N–H and O–H groups in total. The van der Waals surface area contributed by atoms with Gasteiger partial charge < -0.3 is 10.8 Å². The van der Waals surface area contributed by atoms with Crippen LogP contribution in [0.5, 0.6) is 0 Å². The number of hydrogen-bond donors (Lipinski definition) is 2. The number of sulfone groups is 1. The SMILES string of the molecule is NC(=O)Cc1nc(CO)sc1-c1csc(CC(=O)Cc2ccc(S(=O)(=O)C(F)(F)F)cc2)n1. The predicted molar refractivity (Wildman–Crippen MR) is 114 cm³/mol. The quantitative estimate of drug-likeness (QED) is 0.442. The first kappa shape index (κ1) is 25.0. The number of nitrogens with zero attached hydrogens (tertiary/aromatic N) is 2. The van der Waals surface area contributed by atoms with Crippen molar-refractivity contribution in [1.82, 2.24) is 9.97 Å². The van der Waals surface area contributed by atoms with E-state index in [1.54, 1.807) is 5.38 Å². The number of primary amides is 1. The number of halogens is 3. The molecule has 176 valence electrons.